The van der Waals surface area contributed by atoms with Gasteiger partial charge in [0, 0.05) is 17.5 Å². The van der Waals surface area contributed by atoms with Gasteiger partial charge in [-0.3, -0.25) is 9.69 Å². The maximum Gasteiger partial charge on any atom is 0.238 e. The number of nitrogens with zero attached hydrogens (tertiary/aromatic N) is 1. The van der Waals surface area contributed by atoms with Crippen molar-refractivity contribution in [3.05, 3.63) is 52.2 Å². The number of carbonyl (C=O) groups is 1. The Labute approximate surface area is 158 Å². The molecule has 2 heterocycles. The van der Waals surface area contributed by atoms with Crippen molar-refractivity contribution >= 4 is 27.3 Å². The Hall–Kier alpha value is -1.74. The molecule has 1 atom stereocenters. The first-order chi connectivity index (χ1) is 12.4. The van der Waals surface area contributed by atoms with E-state index in [1.54, 1.807) is 23.5 Å². The van der Waals surface area contributed by atoms with Crippen molar-refractivity contribution in [2.24, 2.45) is 5.14 Å². The zero-order chi connectivity index (χ0) is 18.6. The first-order valence-corrected chi connectivity index (χ1v) is 11.0. The SMILES string of the molecule is NS(=O)(=O)c1ccc(CCNC(=O)CN2CCC[C@@H]2c2cccs2)cc1. The molecule has 0 bridgehead atoms. The van der Waals surface area contributed by atoms with Crippen LogP contribution in [0.5, 0.6) is 0 Å². The third kappa shape index (κ3) is 4.91. The van der Waals surface area contributed by atoms with Crippen molar-refractivity contribution < 1.29 is 13.2 Å². The van der Waals surface area contributed by atoms with Gasteiger partial charge in [0.05, 0.1) is 11.4 Å². The van der Waals surface area contributed by atoms with Crippen molar-refractivity contribution in [1.29, 1.82) is 0 Å². The van der Waals surface area contributed by atoms with Gasteiger partial charge in [-0.1, -0.05) is 18.2 Å². The van der Waals surface area contributed by atoms with E-state index in [-0.39, 0.29) is 10.8 Å². The van der Waals surface area contributed by atoms with E-state index >= 15 is 0 Å². The lowest BCUT2D eigenvalue weighted by Crippen LogP contribution is -2.37. The summed E-state index contributed by atoms with van der Waals surface area (Å²) in [4.78, 5) is 15.9. The number of nitrogens with two attached hydrogens (primary N) is 1. The molecule has 1 amide bonds. The molecule has 1 aliphatic rings. The number of amides is 1. The van der Waals surface area contributed by atoms with Gasteiger partial charge in [-0.2, -0.15) is 0 Å². The Balaban J connectivity index is 1.46. The molecule has 1 aromatic carbocycles. The predicted molar refractivity (Wildman–Crippen MR) is 102 cm³/mol. The zero-order valence-corrected chi connectivity index (χ0v) is 16.1. The summed E-state index contributed by atoms with van der Waals surface area (Å²) < 4.78 is 22.5. The molecule has 0 radical (unpaired) electrons. The van der Waals surface area contributed by atoms with Crippen molar-refractivity contribution in [2.45, 2.75) is 30.2 Å². The van der Waals surface area contributed by atoms with Gasteiger partial charge in [-0.05, 0) is 54.9 Å². The van der Waals surface area contributed by atoms with Crippen LogP contribution in [0.2, 0.25) is 0 Å². The molecule has 8 heteroatoms. The maximum atomic E-state index is 12.2. The van der Waals surface area contributed by atoms with Crippen LogP contribution in [0.15, 0.2) is 46.7 Å². The number of carbonyl (C=O) groups excluding carboxylic acids is 1. The number of thiophene rings is 1. The van der Waals surface area contributed by atoms with Crippen LogP contribution in [0.3, 0.4) is 0 Å². The highest BCUT2D eigenvalue weighted by Crippen LogP contribution is 2.33. The summed E-state index contributed by atoms with van der Waals surface area (Å²) in [7, 11) is -3.67. The molecule has 0 spiro atoms. The van der Waals surface area contributed by atoms with Crippen LogP contribution < -0.4 is 10.5 Å². The summed E-state index contributed by atoms with van der Waals surface area (Å²) in [6.45, 7) is 1.88. The minimum atomic E-state index is -3.67. The lowest BCUT2D eigenvalue weighted by atomic mass is 10.1. The Morgan fingerprint density at radius 3 is 2.69 bits per heavy atom. The number of hydrogen-bond acceptors (Lipinski definition) is 5. The van der Waals surface area contributed by atoms with E-state index in [1.165, 1.54) is 17.0 Å². The molecular weight excluding hydrogens is 370 g/mol. The monoisotopic (exact) mass is 393 g/mol. The largest absolute Gasteiger partial charge is 0.355 e. The van der Waals surface area contributed by atoms with E-state index in [1.807, 2.05) is 0 Å². The molecule has 0 aliphatic carbocycles. The fourth-order valence-corrected chi connectivity index (χ4v) is 4.66. The normalized spacial score (nSPS) is 18.1. The third-order valence-corrected chi connectivity index (χ3v) is 6.47. The van der Waals surface area contributed by atoms with Crippen molar-refractivity contribution in [2.75, 3.05) is 19.6 Å². The second-order valence-corrected chi connectivity index (χ2v) is 8.97. The van der Waals surface area contributed by atoms with Crippen molar-refractivity contribution in [3.63, 3.8) is 0 Å². The first kappa shape index (κ1) is 19.0. The number of primary sulfonamides is 1. The molecule has 1 aromatic heterocycles. The molecule has 6 nitrogen and oxygen atoms in total. The number of sulfonamides is 1. The minimum absolute atomic E-state index is 0.0228. The number of rotatable bonds is 7. The summed E-state index contributed by atoms with van der Waals surface area (Å²) in [5.41, 5.74) is 0.954. The molecule has 0 saturated carbocycles. The zero-order valence-electron chi connectivity index (χ0n) is 14.4. The Morgan fingerprint density at radius 2 is 2.04 bits per heavy atom. The number of nitrogens with one attached hydrogen (secondary N) is 1. The third-order valence-electron chi connectivity index (χ3n) is 4.57. The molecule has 3 rings (SSSR count). The molecule has 0 unspecified atom stereocenters. The smallest absolute Gasteiger partial charge is 0.238 e. The fourth-order valence-electron chi connectivity index (χ4n) is 3.25. The van der Waals surface area contributed by atoms with Crippen LogP contribution in [0, 0.1) is 0 Å². The molecule has 1 aliphatic heterocycles. The average Bonchev–Trinajstić information content (AvgIpc) is 3.25. The van der Waals surface area contributed by atoms with Crippen LogP contribution in [-0.4, -0.2) is 38.9 Å². The summed E-state index contributed by atoms with van der Waals surface area (Å²) in [5, 5.41) is 10.1. The Kier molecular flexibility index (Phi) is 6.08. The predicted octanol–water partition coefficient (Wildman–Crippen LogP) is 1.89. The van der Waals surface area contributed by atoms with Crippen LogP contribution >= 0.6 is 11.3 Å². The first-order valence-electron chi connectivity index (χ1n) is 8.59. The molecule has 1 fully saturated rings. The van der Waals surface area contributed by atoms with E-state index < -0.39 is 10.0 Å². The highest BCUT2D eigenvalue weighted by Gasteiger charge is 2.27. The van der Waals surface area contributed by atoms with E-state index in [0.717, 1.165) is 24.9 Å². The number of benzene rings is 1. The van der Waals surface area contributed by atoms with Gasteiger partial charge in [0.1, 0.15) is 0 Å². The molecule has 1 saturated heterocycles. The molecule has 3 N–H and O–H groups in total. The van der Waals surface area contributed by atoms with Gasteiger partial charge in [0.15, 0.2) is 0 Å². The van der Waals surface area contributed by atoms with Crippen LogP contribution in [0.1, 0.15) is 29.3 Å². The molecular formula is C18H23N3O3S2. The Morgan fingerprint density at radius 1 is 1.27 bits per heavy atom. The van der Waals surface area contributed by atoms with Gasteiger partial charge in [-0.15, -0.1) is 11.3 Å². The van der Waals surface area contributed by atoms with E-state index in [9.17, 15) is 13.2 Å². The van der Waals surface area contributed by atoms with Crippen LogP contribution in [0.4, 0.5) is 0 Å². The summed E-state index contributed by atoms with van der Waals surface area (Å²) >= 11 is 1.74. The van der Waals surface area contributed by atoms with Crippen LogP contribution in [0.25, 0.3) is 0 Å². The second kappa shape index (κ2) is 8.30. The van der Waals surface area contributed by atoms with E-state index in [0.29, 0.717) is 25.6 Å². The quantitative estimate of drug-likeness (QED) is 0.751. The van der Waals surface area contributed by atoms with E-state index in [4.69, 9.17) is 5.14 Å². The number of hydrogen-bond donors (Lipinski definition) is 2. The van der Waals surface area contributed by atoms with Gasteiger partial charge in [-0.25, -0.2) is 13.6 Å². The van der Waals surface area contributed by atoms with Crippen molar-refractivity contribution in [1.82, 2.24) is 10.2 Å². The highest BCUT2D eigenvalue weighted by molar-refractivity contribution is 7.89. The minimum Gasteiger partial charge on any atom is -0.355 e. The van der Waals surface area contributed by atoms with Gasteiger partial charge in [0.2, 0.25) is 15.9 Å². The number of likely N-dealkylation sites (tertiary alicyclic amines) is 1. The molecule has 2 aromatic rings. The summed E-state index contributed by atoms with van der Waals surface area (Å²) in [5.74, 6) is 0.0228. The lowest BCUT2D eigenvalue weighted by molar-refractivity contribution is -0.122. The molecule has 26 heavy (non-hydrogen) atoms. The lowest BCUT2D eigenvalue weighted by Gasteiger charge is -2.22. The van der Waals surface area contributed by atoms with Gasteiger partial charge in [0.25, 0.3) is 0 Å². The molecule has 140 valence electrons. The Bertz CT molecular complexity index is 833. The second-order valence-electron chi connectivity index (χ2n) is 6.43. The maximum absolute atomic E-state index is 12.2. The van der Waals surface area contributed by atoms with Gasteiger partial charge >= 0.3 is 0 Å². The average molecular weight is 394 g/mol. The summed E-state index contributed by atoms with van der Waals surface area (Å²) in [6, 6.07) is 11.0. The topological polar surface area (TPSA) is 92.5 Å². The van der Waals surface area contributed by atoms with Gasteiger partial charge < -0.3 is 5.32 Å². The standard InChI is InChI=1S/C18H23N3O3S2/c19-26(23,24)15-7-5-14(6-8-15)9-10-20-18(22)13-21-11-1-3-16(21)17-4-2-12-25-17/h2,4-8,12,16H,1,3,9-11,13H2,(H,20,22)(H2,19,23,24)/t16-/m1/s1. The fraction of sp³-hybridized carbons (Fsp3) is 0.389. The van der Waals surface area contributed by atoms with Crippen LogP contribution in [-0.2, 0) is 21.2 Å². The highest BCUT2D eigenvalue weighted by atomic mass is 32.2. The van der Waals surface area contributed by atoms with E-state index in [2.05, 4.69) is 27.7 Å². The summed E-state index contributed by atoms with van der Waals surface area (Å²) in [6.07, 6.45) is 2.86. The van der Waals surface area contributed by atoms with Crippen molar-refractivity contribution in [3.8, 4) is 0 Å².